The molecule has 1 aromatic rings. The Morgan fingerprint density at radius 1 is 0.686 bits per heavy atom. The van der Waals surface area contributed by atoms with E-state index in [0.29, 0.717) is 6.42 Å². The first-order valence-electron chi connectivity index (χ1n) is 20.9. The number of hydrogen-bond donors (Lipinski definition) is 4. The molecular weight excluding hydrogens is 636 g/mol. The summed E-state index contributed by atoms with van der Waals surface area (Å²) >= 11 is 0. The van der Waals surface area contributed by atoms with Crippen LogP contribution in [0.3, 0.4) is 0 Å². The van der Waals surface area contributed by atoms with E-state index in [1.807, 2.05) is 36.4 Å². The van der Waals surface area contributed by atoms with Gasteiger partial charge in [0.05, 0.1) is 18.2 Å². The van der Waals surface area contributed by atoms with Gasteiger partial charge in [-0.2, -0.15) is 0 Å². The zero-order chi connectivity index (χ0) is 36.9. The summed E-state index contributed by atoms with van der Waals surface area (Å²) in [6.45, 7) is 11.7. The van der Waals surface area contributed by atoms with Gasteiger partial charge in [0.2, 0.25) is 11.8 Å². The van der Waals surface area contributed by atoms with Crippen molar-refractivity contribution < 1.29 is 19.8 Å². The molecule has 4 N–H and O–H groups in total. The van der Waals surface area contributed by atoms with Gasteiger partial charge in [0, 0.05) is 26.4 Å². The van der Waals surface area contributed by atoms with Crippen LogP contribution in [0.2, 0.25) is 0 Å². The summed E-state index contributed by atoms with van der Waals surface area (Å²) in [7, 11) is 0. The number of hydrogen-bond acceptors (Lipinski definition) is 6. The number of amides is 2. The number of nitrogens with one attached hydrogen (secondary N) is 2. The van der Waals surface area contributed by atoms with Crippen LogP contribution in [0.25, 0.3) is 0 Å². The molecule has 292 valence electrons. The second kappa shape index (κ2) is 29.2. The highest BCUT2D eigenvalue weighted by atomic mass is 16.3. The molecule has 51 heavy (non-hydrogen) atoms. The Kier molecular flexibility index (Phi) is 25.7. The summed E-state index contributed by atoms with van der Waals surface area (Å²) in [6.07, 6.45) is 27.1. The van der Waals surface area contributed by atoms with Crippen molar-refractivity contribution in [1.82, 2.24) is 20.4 Å². The molecule has 8 nitrogen and oxygen atoms in total. The van der Waals surface area contributed by atoms with E-state index in [4.69, 9.17) is 0 Å². The molecule has 0 aromatic heterocycles. The molecular formula is C43H76N4O4. The molecule has 4 atom stereocenters. The van der Waals surface area contributed by atoms with Gasteiger partial charge in [0.25, 0.3) is 0 Å². The average Bonchev–Trinajstić information content (AvgIpc) is 3.85. The fourth-order valence-corrected chi connectivity index (χ4v) is 7.20. The molecule has 2 amide bonds. The highest BCUT2D eigenvalue weighted by Gasteiger charge is 2.26. The average molecular weight is 713 g/mol. The van der Waals surface area contributed by atoms with Crippen molar-refractivity contribution in [3.8, 4) is 0 Å². The van der Waals surface area contributed by atoms with Crippen LogP contribution in [-0.2, 0) is 9.59 Å². The standard InChI is InChI=1S/C24H46N2O2.C19H30N2O2/c1-3-4-5-6-7-8-9-10-11-12-13-14-15-18-24(28)23(25-22(2)27)21-26-19-16-17-20-26;1-2-3-5-12-18(22)20-17(15-21-13-8-9-14-21)19(23)16-10-6-4-7-11-16/h15,18,23-24,28H,3-14,16-17,19-21H2,1-2H3,(H,25,27);4,6-7,10-11,17,19,23H,2-3,5,8-9,12-15H2,1H3,(H,20,22). The topological polar surface area (TPSA) is 105 Å². The van der Waals surface area contributed by atoms with Gasteiger partial charge in [-0.05, 0) is 76.7 Å². The number of carbonyl (C=O) groups is 2. The zero-order valence-corrected chi connectivity index (χ0v) is 32.8. The van der Waals surface area contributed by atoms with Crippen molar-refractivity contribution in [2.24, 2.45) is 0 Å². The summed E-state index contributed by atoms with van der Waals surface area (Å²) in [4.78, 5) is 28.3. The first kappa shape index (κ1) is 44.9. The molecule has 1 aromatic carbocycles. The van der Waals surface area contributed by atoms with Gasteiger partial charge in [0.1, 0.15) is 6.10 Å². The maximum atomic E-state index is 12.2. The number of unbranched alkanes of at least 4 members (excludes halogenated alkanes) is 13. The number of likely N-dealkylation sites (tertiary alicyclic amines) is 2. The van der Waals surface area contributed by atoms with E-state index >= 15 is 0 Å². The molecule has 3 rings (SSSR count). The molecule has 0 spiro atoms. The van der Waals surface area contributed by atoms with Gasteiger partial charge in [-0.1, -0.05) is 133 Å². The van der Waals surface area contributed by atoms with E-state index in [9.17, 15) is 19.8 Å². The molecule has 4 unspecified atom stereocenters. The van der Waals surface area contributed by atoms with Crippen LogP contribution in [0.1, 0.15) is 161 Å². The van der Waals surface area contributed by atoms with Crippen molar-refractivity contribution in [2.75, 3.05) is 39.3 Å². The zero-order valence-electron chi connectivity index (χ0n) is 32.8. The number of nitrogens with zero attached hydrogens (tertiary/aromatic N) is 2. The van der Waals surface area contributed by atoms with Gasteiger partial charge >= 0.3 is 0 Å². The van der Waals surface area contributed by atoms with Crippen LogP contribution >= 0.6 is 0 Å². The molecule has 0 bridgehead atoms. The first-order valence-corrected chi connectivity index (χ1v) is 20.9. The van der Waals surface area contributed by atoms with Crippen LogP contribution in [0.5, 0.6) is 0 Å². The number of rotatable bonds is 26. The van der Waals surface area contributed by atoms with Crippen molar-refractivity contribution >= 4 is 11.8 Å². The largest absolute Gasteiger partial charge is 0.387 e. The molecule has 2 heterocycles. The quantitative estimate of drug-likeness (QED) is 0.0572. The monoisotopic (exact) mass is 713 g/mol. The lowest BCUT2D eigenvalue weighted by Crippen LogP contribution is -2.48. The van der Waals surface area contributed by atoms with E-state index in [2.05, 4.69) is 40.4 Å². The minimum Gasteiger partial charge on any atom is -0.387 e. The smallest absolute Gasteiger partial charge is 0.220 e. The highest BCUT2D eigenvalue weighted by Crippen LogP contribution is 2.20. The summed E-state index contributed by atoms with van der Waals surface area (Å²) in [6, 6.07) is 9.18. The Balaban J connectivity index is 0.000000360. The number of aliphatic hydroxyl groups excluding tert-OH is 2. The van der Waals surface area contributed by atoms with Gasteiger partial charge in [-0.25, -0.2) is 0 Å². The molecule has 2 aliphatic heterocycles. The minimum atomic E-state index is -0.660. The lowest BCUT2D eigenvalue weighted by molar-refractivity contribution is -0.123. The first-order chi connectivity index (χ1) is 24.8. The predicted octanol–water partition coefficient (Wildman–Crippen LogP) is 8.09. The molecule has 0 radical (unpaired) electrons. The summed E-state index contributed by atoms with van der Waals surface area (Å²) in [5.74, 6) is -0.0142. The molecule has 0 aliphatic carbocycles. The second-order valence-electron chi connectivity index (χ2n) is 15.1. The van der Waals surface area contributed by atoms with E-state index in [1.54, 1.807) is 0 Å². The Labute approximate surface area is 312 Å². The number of aliphatic hydroxyl groups is 2. The summed E-state index contributed by atoms with van der Waals surface area (Å²) in [5, 5.41) is 27.2. The maximum Gasteiger partial charge on any atom is 0.220 e. The molecule has 2 aliphatic rings. The summed E-state index contributed by atoms with van der Waals surface area (Å²) in [5.41, 5.74) is 0.866. The summed E-state index contributed by atoms with van der Waals surface area (Å²) < 4.78 is 0. The van der Waals surface area contributed by atoms with Gasteiger partial charge in [-0.15, -0.1) is 0 Å². The molecule has 2 fully saturated rings. The third-order valence-corrected chi connectivity index (χ3v) is 10.3. The molecule has 0 saturated carbocycles. The Hall–Kier alpha value is -2.26. The van der Waals surface area contributed by atoms with Crippen molar-refractivity contribution in [2.45, 2.75) is 173 Å². The maximum absolute atomic E-state index is 12.2. The third-order valence-electron chi connectivity index (χ3n) is 10.3. The normalized spacial score (nSPS) is 17.5. The van der Waals surface area contributed by atoms with Crippen molar-refractivity contribution in [3.05, 3.63) is 48.0 Å². The van der Waals surface area contributed by atoms with E-state index in [-0.39, 0.29) is 23.9 Å². The number of benzene rings is 1. The number of allylic oxidation sites excluding steroid dienone is 1. The second-order valence-corrected chi connectivity index (χ2v) is 15.1. The highest BCUT2D eigenvalue weighted by molar-refractivity contribution is 5.76. The van der Waals surface area contributed by atoms with Crippen molar-refractivity contribution in [1.29, 1.82) is 0 Å². The molecule has 2 saturated heterocycles. The van der Waals surface area contributed by atoms with Crippen LogP contribution in [-0.4, -0.2) is 89.3 Å². The van der Waals surface area contributed by atoms with Gasteiger partial charge in [-0.3, -0.25) is 9.59 Å². The van der Waals surface area contributed by atoms with E-state index in [1.165, 1.54) is 103 Å². The van der Waals surface area contributed by atoms with Gasteiger partial charge < -0.3 is 30.6 Å². The fraction of sp³-hybridized carbons (Fsp3) is 0.767. The van der Waals surface area contributed by atoms with Crippen LogP contribution in [0.15, 0.2) is 42.5 Å². The molecule has 8 heteroatoms. The van der Waals surface area contributed by atoms with Crippen LogP contribution < -0.4 is 10.6 Å². The SMILES string of the molecule is CCCCCC(=O)NC(CN1CCCC1)C(O)c1ccccc1.CCCCCCCCCCCCCC=CC(O)C(CN1CCCC1)NC(C)=O. The van der Waals surface area contributed by atoms with Crippen LogP contribution in [0, 0.1) is 0 Å². The lowest BCUT2D eigenvalue weighted by Gasteiger charge is -2.28. The van der Waals surface area contributed by atoms with Gasteiger partial charge in [0.15, 0.2) is 0 Å². The fourth-order valence-electron chi connectivity index (χ4n) is 7.20. The Morgan fingerprint density at radius 3 is 1.71 bits per heavy atom. The van der Waals surface area contributed by atoms with Crippen molar-refractivity contribution in [3.63, 3.8) is 0 Å². The Bertz CT molecular complexity index is 1030. The van der Waals surface area contributed by atoms with E-state index < -0.39 is 12.2 Å². The number of carbonyl (C=O) groups excluding carboxylic acids is 2. The predicted molar refractivity (Wildman–Crippen MR) is 213 cm³/mol. The van der Waals surface area contributed by atoms with Crippen LogP contribution in [0.4, 0.5) is 0 Å². The van der Waals surface area contributed by atoms with E-state index in [0.717, 1.165) is 70.5 Å². The minimum absolute atomic E-state index is 0.0534. The lowest BCUT2D eigenvalue weighted by atomic mass is 10.0. The third kappa shape index (κ3) is 21.8. The Morgan fingerprint density at radius 2 is 1.18 bits per heavy atom.